The zero-order valence-corrected chi connectivity index (χ0v) is 15.8. The summed E-state index contributed by atoms with van der Waals surface area (Å²) in [6.07, 6.45) is 0.613. The number of fused-ring (bicyclic) bond motifs is 1. The summed E-state index contributed by atoms with van der Waals surface area (Å²) in [6.45, 7) is 0.0817. The van der Waals surface area contributed by atoms with E-state index in [4.69, 9.17) is 14.2 Å². The molecule has 0 radical (unpaired) electrons. The maximum Gasteiger partial charge on any atom is 0.355 e. The van der Waals surface area contributed by atoms with Crippen LogP contribution in [0.25, 0.3) is 10.9 Å². The molecule has 0 bridgehead atoms. The minimum Gasteiger partial charge on any atom is -0.493 e. The second-order valence-corrected chi connectivity index (χ2v) is 6.14. The molecular formula is C21H22N2O5. The largest absolute Gasteiger partial charge is 0.493 e. The third-order valence-electron chi connectivity index (χ3n) is 4.27. The van der Waals surface area contributed by atoms with E-state index < -0.39 is 5.97 Å². The predicted molar refractivity (Wildman–Crippen MR) is 105 cm³/mol. The van der Waals surface area contributed by atoms with Crippen LogP contribution >= 0.6 is 0 Å². The lowest BCUT2D eigenvalue weighted by Crippen LogP contribution is -2.30. The Balaban J connectivity index is 1.45. The Labute approximate surface area is 162 Å². The molecule has 146 valence electrons. The minimum atomic E-state index is -0.564. The number of rotatable bonds is 8. The zero-order valence-electron chi connectivity index (χ0n) is 15.8. The molecular weight excluding hydrogens is 360 g/mol. The number of esters is 1. The molecule has 0 atom stereocenters. The lowest BCUT2D eigenvalue weighted by atomic mass is 10.1. The highest BCUT2D eigenvalue weighted by Gasteiger charge is 2.13. The molecule has 1 aromatic heterocycles. The first-order valence-electron chi connectivity index (χ1n) is 8.83. The number of para-hydroxylation sites is 1. The molecule has 1 amide bonds. The van der Waals surface area contributed by atoms with Crippen LogP contribution in [0.15, 0.2) is 48.5 Å². The Bertz CT molecular complexity index is 947. The number of carbonyl (C=O) groups is 2. The Morgan fingerprint density at radius 3 is 2.54 bits per heavy atom. The molecule has 3 aromatic rings. The van der Waals surface area contributed by atoms with Crippen LogP contribution in [0.4, 0.5) is 0 Å². The average molecular weight is 382 g/mol. The number of H-pyrrole nitrogens is 1. The van der Waals surface area contributed by atoms with Crippen molar-refractivity contribution in [3.8, 4) is 11.5 Å². The molecule has 2 aromatic carbocycles. The van der Waals surface area contributed by atoms with E-state index in [9.17, 15) is 9.59 Å². The van der Waals surface area contributed by atoms with E-state index in [1.54, 1.807) is 20.3 Å². The quantitative estimate of drug-likeness (QED) is 0.585. The van der Waals surface area contributed by atoms with Crippen molar-refractivity contribution in [2.45, 2.75) is 6.42 Å². The summed E-state index contributed by atoms with van der Waals surface area (Å²) >= 11 is 0. The molecule has 2 N–H and O–H groups in total. The summed E-state index contributed by atoms with van der Waals surface area (Å²) < 4.78 is 15.5. The molecule has 0 aliphatic heterocycles. The van der Waals surface area contributed by atoms with Gasteiger partial charge in [0.05, 0.1) is 14.2 Å². The topological polar surface area (TPSA) is 89.6 Å². The van der Waals surface area contributed by atoms with Crippen molar-refractivity contribution in [3.63, 3.8) is 0 Å². The number of benzene rings is 2. The smallest absolute Gasteiger partial charge is 0.355 e. The molecule has 0 spiro atoms. The highest BCUT2D eigenvalue weighted by Crippen LogP contribution is 2.27. The van der Waals surface area contributed by atoms with Gasteiger partial charge in [0.25, 0.3) is 5.91 Å². The van der Waals surface area contributed by atoms with Crippen LogP contribution in [0.1, 0.15) is 16.1 Å². The summed E-state index contributed by atoms with van der Waals surface area (Å²) in [5.41, 5.74) is 2.15. The van der Waals surface area contributed by atoms with Crippen LogP contribution in [0.5, 0.6) is 11.5 Å². The molecule has 28 heavy (non-hydrogen) atoms. The summed E-state index contributed by atoms with van der Waals surface area (Å²) in [7, 11) is 3.15. The molecule has 0 saturated carbocycles. The third kappa shape index (κ3) is 4.62. The van der Waals surface area contributed by atoms with Gasteiger partial charge in [0.15, 0.2) is 18.1 Å². The van der Waals surface area contributed by atoms with Crippen LogP contribution in [-0.2, 0) is 16.0 Å². The van der Waals surface area contributed by atoms with Gasteiger partial charge in [-0.1, -0.05) is 24.3 Å². The zero-order chi connectivity index (χ0) is 19.9. The second kappa shape index (κ2) is 8.94. The number of carbonyl (C=O) groups excluding carboxylic acids is 2. The third-order valence-corrected chi connectivity index (χ3v) is 4.27. The van der Waals surface area contributed by atoms with E-state index in [0.29, 0.717) is 30.2 Å². The van der Waals surface area contributed by atoms with Gasteiger partial charge in [-0.2, -0.15) is 0 Å². The molecule has 7 heteroatoms. The monoisotopic (exact) mass is 382 g/mol. The number of aromatic amines is 1. The lowest BCUT2D eigenvalue weighted by Gasteiger charge is -2.10. The Hall–Kier alpha value is -3.48. The SMILES string of the molecule is COc1ccc(CCNC(=O)COC(=O)c2cc3ccccc3[nH]2)cc1OC. The van der Waals surface area contributed by atoms with Gasteiger partial charge in [-0.15, -0.1) is 0 Å². The molecule has 0 saturated heterocycles. The first-order valence-corrected chi connectivity index (χ1v) is 8.83. The molecule has 0 fully saturated rings. The number of ether oxygens (including phenoxy) is 3. The predicted octanol–water partition coefficient (Wildman–Crippen LogP) is 2.70. The van der Waals surface area contributed by atoms with Crippen LogP contribution in [0.2, 0.25) is 0 Å². The second-order valence-electron chi connectivity index (χ2n) is 6.14. The number of nitrogens with one attached hydrogen (secondary N) is 2. The Morgan fingerprint density at radius 1 is 1.00 bits per heavy atom. The van der Waals surface area contributed by atoms with E-state index in [1.165, 1.54) is 0 Å². The molecule has 0 aliphatic rings. The molecule has 0 unspecified atom stereocenters. The highest BCUT2D eigenvalue weighted by molar-refractivity contribution is 5.95. The van der Waals surface area contributed by atoms with Crippen LogP contribution in [0.3, 0.4) is 0 Å². The standard InChI is InChI=1S/C21H22N2O5/c1-26-18-8-7-14(11-19(18)27-2)9-10-22-20(24)13-28-21(25)17-12-15-5-3-4-6-16(15)23-17/h3-8,11-12,23H,9-10,13H2,1-2H3,(H,22,24). The normalized spacial score (nSPS) is 10.5. The van der Waals surface area contributed by atoms with Crippen molar-refractivity contribution in [2.75, 3.05) is 27.4 Å². The summed E-state index contributed by atoms with van der Waals surface area (Å²) in [4.78, 5) is 27.0. The molecule has 7 nitrogen and oxygen atoms in total. The van der Waals surface area contributed by atoms with E-state index in [2.05, 4.69) is 10.3 Å². The Morgan fingerprint density at radius 2 is 1.79 bits per heavy atom. The van der Waals surface area contributed by atoms with E-state index in [-0.39, 0.29) is 12.5 Å². The molecule has 1 heterocycles. The molecule has 0 aliphatic carbocycles. The van der Waals surface area contributed by atoms with Gasteiger partial charge in [0, 0.05) is 17.4 Å². The lowest BCUT2D eigenvalue weighted by molar-refractivity contribution is -0.124. The van der Waals surface area contributed by atoms with Crippen LogP contribution in [0, 0.1) is 0 Å². The van der Waals surface area contributed by atoms with Crippen molar-refractivity contribution in [2.24, 2.45) is 0 Å². The summed E-state index contributed by atoms with van der Waals surface area (Å²) in [5.74, 6) is 0.369. The van der Waals surface area contributed by atoms with Crippen molar-refractivity contribution in [1.29, 1.82) is 0 Å². The van der Waals surface area contributed by atoms with Crippen molar-refractivity contribution >= 4 is 22.8 Å². The maximum atomic E-state index is 12.1. The van der Waals surface area contributed by atoms with Gasteiger partial charge in [-0.25, -0.2) is 4.79 Å². The van der Waals surface area contributed by atoms with E-state index in [1.807, 2.05) is 42.5 Å². The van der Waals surface area contributed by atoms with Gasteiger partial charge in [-0.05, 0) is 36.2 Å². The van der Waals surface area contributed by atoms with E-state index in [0.717, 1.165) is 16.5 Å². The Kier molecular flexibility index (Phi) is 6.16. The van der Waals surface area contributed by atoms with Gasteiger partial charge in [0.1, 0.15) is 5.69 Å². The first-order chi connectivity index (χ1) is 13.6. The highest BCUT2D eigenvalue weighted by atomic mass is 16.5. The van der Waals surface area contributed by atoms with Crippen molar-refractivity contribution in [1.82, 2.24) is 10.3 Å². The number of amides is 1. The van der Waals surface area contributed by atoms with Gasteiger partial charge < -0.3 is 24.5 Å². The number of hydrogen-bond acceptors (Lipinski definition) is 5. The van der Waals surface area contributed by atoms with Gasteiger partial charge >= 0.3 is 5.97 Å². The first kappa shape index (κ1) is 19.3. The summed E-state index contributed by atoms with van der Waals surface area (Å²) in [5, 5.41) is 3.64. The van der Waals surface area contributed by atoms with Gasteiger partial charge in [0.2, 0.25) is 0 Å². The fourth-order valence-corrected chi connectivity index (χ4v) is 2.83. The van der Waals surface area contributed by atoms with Crippen molar-refractivity contribution < 1.29 is 23.8 Å². The van der Waals surface area contributed by atoms with Crippen LogP contribution in [-0.4, -0.2) is 44.2 Å². The fourth-order valence-electron chi connectivity index (χ4n) is 2.83. The fraction of sp³-hybridized carbons (Fsp3) is 0.238. The number of methoxy groups -OCH3 is 2. The molecule has 3 rings (SSSR count). The van der Waals surface area contributed by atoms with Crippen LogP contribution < -0.4 is 14.8 Å². The van der Waals surface area contributed by atoms with E-state index >= 15 is 0 Å². The minimum absolute atomic E-state index is 0.319. The van der Waals surface area contributed by atoms with Crippen molar-refractivity contribution in [3.05, 3.63) is 59.8 Å². The average Bonchev–Trinajstić information content (AvgIpc) is 3.16. The summed E-state index contributed by atoms with van der Waals surface area (Å²) in [6, 6.07) is 14.8. The number of hydrogen-bond donors (Lipinski definition) is 2. The number of aromatic nitrogens is 1. The maximum absolute atomic E-state index is 12.1. The van der Waals surface area contributed by atoms with Gasteiger partial charge in [-0.3, -0.25) is 4.79 Å².